The first kappa shape index (κ1) is 10.4. The molecule has 0 aromatic carbocycles. The molecule has 0 aliphatic rings. The molecule has 0 unspecified atom stereocenters. The Kier molecular flexibility index (Phi) is 3.39. The Hall–Kier alpha value is -1.65. The summed E-state index contributed by atoms with van der Waals surface area (Å²) >= 11 is 0. The van der Waals surface area contributed by atoms with Crippen molar-refractivity contribution in [3.05, 3.63) is 18.1 Å². The second kappa shape index (κ2) is 4.55. The summed E-state index contributed by atoms with van der Waals surface area (Å²) in [6.45, 7) is 2.02. The lowest BCUT2D eigenvalue weighted by Crippen LogP contribution is -2.27. The van der Waals surface area contributed by atoms with Crippen molar-refractivity contribution in [1.29, 1.82) is 0 Å². The third kappa shape index (κ3) is 2.42. The van der Waals surface area contributed by atoms with Crippen LogP contribution in [-0.2, 0) is 9.53 Å². The fourth-order valence-electron chi connectivity index (χ4n) is 1.11. The van der Waals surface area contributed by atoms with Gasteiger partial charge in [-0.25, -0.2) is 4.98 Å². The van der Waals surface area contributed by atoms with Crippen LogP contribution in [-0.4, -0.2) is 36.6 Å². The van der Waals surface area contributed by atoms with Crippen molar-refractivity contribution in [1.82, 2.24) is 9.97 Å². The molecule has 1 aromatic heterocycles. The highest BCUT2D eigenvalue weighted by molar-refractivity contribution is 5.75. The number of likely N-dealkylation sites (N-methyl/N-ethyl adjacent to an activating group) is 1. The lowest BCUT2D eigenvalue weighted by Gasteiger charge is -2.17. The molecule has 0 radical (unpaired) electrons. The zero-order valence-electron chi connectivity index (χ0n) is 8.52. The fourth-order valence-corrected chi connectivity index (χ4v) is 1.11. The number of nitrogens with zero attached hydrogens (tertiary/aromatic N) is 3. The molecule has 5 heteroatoms. The molecule has 0 atom stereocenters. The van der Waals surface area contributed by atoms with E-state index >= 15 is 0 Å². The van der Waals surface area contributed by atoms with Crippen LogP contribution in [0.5, 0.6) is 0 Å². The zero-order chi connectivity index (χ0) is 10.6. The molecule has 14 heavy (non-hydrogen) atoms. The van der Waals surface area contributed by atoms with Crippen LogP contribution in [0.3, 0.4) is 0 Å². The topological polar surface area (TPSA) is 55.3 Å². The molecule has 0 aliphatic heterocycles. The molecule has 0 aliphatic carbocycles. The number of rotatable bonds is 3. The summed E-state index contributed by atoms with van der Waals surface area (Å²) in [5.41, 5.74) is 0.791. The van der Waals surface area contributed by atoms with Crippen molar-refractivity contribution < 1.29 is 9.53 Å². The molecule has 0 bridgehead atoms. The number of aromatic nitrogens is 2. The van der Waals surface area contributed by atoms with E-state index in [-0.39, 0.29) is 12.5 Å². The molecule has 1 heterocycles. The summed E-state index contributed by atoms with van der Waals surface area (Å²) in [6, 6.07) is 0. The van der Waals surface area contributed by atoms with Crippen LogP contribution in [0.15, 0.2) is 12.4 Å². The summed E-state index contributed by atoms with van der Waals surface area (Å²) in [6.07, 6.45) is 3.21. The summed E-state index contributed by atoms with van der Waals surface area (Å²) in [5.74, 6) is 0.399. The molecule has 0 amide bonds. The number of aryl methyl sites for hydroxylation is 1. The number of methoxy groups -OCH3 is 1. The van der Waals surface area contributed by atoms with E-state index in [2.05, 4.69) is 14.7 Å². The molecule has 0 saturated carbocycles. The minimum Gasteiger partial charge on any atom is -0.468 e. The van der Waals surface area contributed by atoms with E-state index < -0.39 is 0 Å². The van der Waals surface area contributed by atoms with Gasteiger partial charge in [-0.1, -0.05) is 0 Å². The standard InChI is InChI=1S/C9H13N3O2/c1-7-9(11-5-4-10-7)12(2)6-8(13)14-3/h4-5H,6H2,1-3H3. The maximum Gasteiger partial charge on any atom is 0.325 e. The minimum atomic E-state index is -0.294. The second-order valence-corrected chi connectivity index (χ2v) is 2.90. The first-order chi connectivity index (χ1) is 6.65. The van der Waals surface area contributed by atoms with E-state index in [4.69, 9.17) is 0 Å². The van der Waals surface area contributed by atoms with Gasteiger partial charge in [0, 0.05) is 19.4 Å². The Labute approximate surface area is 82.7 Å². The first-order valence-corrected chi connectivity index (χ1v) is 4.20. The van der Waals surface area contributed by atoms with Gasteiger partial charge in [0.2, 0.25) is 0 Å². The molecule has 0 saturated heterocycles. The van der Waals surface area contributed by atoms with Crippen LogP contribution < -0.4 is 4.90 Å². The normalized spacial score (nSPS) is 9.64. The Morgan fingerprint density at radius 3 is 2.71 bits per heavy atom. The summed E-state index contributed by atoms with van der Waals surface area (Å²) in [7, 11) is 3.13. The number of esters is 1. The zero-order valence-corrected chi connectivity index (χ0v) is 8.52. The maximum absolute atomic E-state index is 11.0. The third-order valence-corrected chi connectivity index (χ3v) is 1.81. The predicted molar refractivity (Wildman–Crippen MR) is 52.1 cm³/mol. The lowest BCUT2D eigenvalue weighted by atomic mass is 10.4. The van der Waals surface area contributed by atoms with Gasteiger partial charge in [0.15, 0.2) is 0 Å². The lowest BCUT2D eigenvalue weighted by molar-refractivity contribution is -0.138. The molecular weight excluding hydrogens is 182 g/mol. The summed E-state index contributed by atoms with van der Waals surface area (Å²) < 4.78 is 4.55. The van der Waals surface area contributed by atoms with Crippen LogP contribution in [0.1, 0.15) is 5.69 Å². The number of carbonyl (C=O) groups excluding carboxylic acids is 1. The number of hydrogen-bond donors (Lipinski definition) is 0. The fraction of sp³-hybridized carbons (Fsp3) is 0.444. The molecule has 1 rings (SSSR count). The summed E-state index contributed by atoms with van der Waals surface area (Å²) in [4.78, 5) is 20.9. The van der Waals surface area contributed by atoms with Gasteiger partial charge in [0.1, 0.15) is 12.4 Å². The minimum absolute atomic E-state index is 0.177. The largest absolute Gasteiger partial charge is 0.468 e. The van der Waals surface area contributed by atoms with Crippen molar-refractivity contribution in [3.63, 3.8) is 0 Å². The molecule has 76 valence electrons. The van der Waals surface area contributed by atoms with E-state index in [1.165, 1.54) is 7.11 Å². The third-order valence-electron chi connectivity index (χ3n) is 1.81. The average Bonchev–Trinajstić information content (AvgIpc) is 2.18. The van der Waals surface area contributed by atoms with E-state index in [1.54, 1.807) is 24.3 Å². The molecule has 1 aromatic rings. The Morgan fingerprint density at radius 1 is 1.50 bits per heavy atom. The van der Waals surface area contributed by atoms with Gasteiger partial charge in [-0.05, 0) is 6.92 Å². The number of carbonyl (C=O) groups is 1. The molecule has 0 fully saturated rings. The van der Waals surface area contributed by atoms with E-state index in [0.29, 0.717) is 5.82 Å². The predicted octanol–water partition coefficient (Wildman–Crippen LogP) is 0.394. The summed E-state index contributed by atoms with van der Waals surface area (Å²) in [5, 5.41) is 0. The SMILES string of the molecule is COC(=O)CN(C)c1nccnc1C. The van der Waals surface area contributed by atoms with Crippen LogP contribution in [0.4, 0.5) is 5.82 Å². The van der Waals surface area contributed by atoms with E-state index in [1.807, 2.05) is 6.92 Å². The highest BCUT2D eigenvalue weighted by Crippen LogP contribution is 2.10. The highest BCUT2D eigenvalue weighted by Gasteiger charge is 2.10. The highest BCUT2D eigenvalue weighted by atomic mass is 16.5. The van der Waals surface area contributed by atoms with Crippen LogP contribution in [0, 0.1) is 6.92 Å². The number of ether oxygens (including phenoxy) is 1. The molecule has 0 spiro atoms. The van der Waals surface area contributed by atoms with Crippen molar-refractivity contribution in [2.75, 3.05) is 25.6 Å². The van der Waals surface area contributed by atoms with Gasteiger partial charge < -0.3 is 9.64 Å². The molecular formula is C9H13N3O2. The van der Waals surface area contributed by atoms with Crippen molar-refractivity contribution in [2.45, 2.75) is 6.92 Å². The van der Waals surface area contributed by atoms with Crippen molar-refractivity contribution in [2.24, 2.45) is 0 Å². The monoisotopic (exact) mass is 195 g/mol. The second-order valence-electron chi connectivity index (χ2n) is 2.90. The van der Waals surface area contributed by atoms with Gasteiger partial charge in [-0.2, -0.15) is 0 Å². The Bertz CT molecular complexity index is 328. The van der Waals surface area contributed by atoms with Crippen LogP contribution in [0.2, 0.25) is 0 Å². The van der Waals surface area contributed by atoms with Crippen LogP contribution >= 0.6 is 0 Å². The van der Waals surface area contributed by atoms with E-state index in [9.17, 15) is 4.79 Å². The smallest absolute Gasteiger partial charge is 0.325 e. The van der Waals surface area contributed by atoms with Gasteiger partial charge in [0.05, 0.1) is 12.8 Å². The maximum atomic E-state index is 11.0. The van der Waals surface area contributed by atoms with Crippen molar-refractivity contribution in [3.8, 4) is 0 Å². The van der Waals surface area contributed by atoms with Gasteiger partial charge in [0.25, 0.3) is 0 Å². The average molecular weight is 195 g/mol. The molecule has 0 N–H and O–H groups in total. The van der Waals surface area contributed by atoms with Gasteiger partial charge in [-0.15, -0.1) is 0 Å². The molecule has 5 nitrogen and oxygen atoms in total. The Morgan fingerprint density at radius 2 is 2.14 bits per heavy atom. The number of hydrogen-bond acceptors (Lipinski definition) is 5. The van der Waals surface area contributed by atoms with Gasteiger partial charge >= 0.3 is 5.97 Å². The first-order valence-electron chi connectivity index (χ1n) is 4.20. The quantitative estimate of drug-likeness (QED) is 0.653. The van der Waals surface area contributed by atoms with Crippen LogP contribution in [0.25, 0.3) is 0 Å². The van der Waals surface area contributed by atoms with Crippen molar-refractivity contribution >= 4 is 11.8 Å². The van der Waals surface area contributed by atoms with E-state index in [0.717, 1.165) is 5.69 Å². The number of anilines is 1. The Balaban J connectivity index is 2.74. The van der Waals surface area contributed by atoms with Gasteiger partial charge in [-0.3, -0.25) is 9.78 Å².